The van der Waals surface area contributed by atoms with Gasteiger partial charge in [0.05, 0.1) is 0 Å². The van der Waals surface area contributed by atoms with Gasteiger partial charge in [-0.2, -0.15) is 0 Å². The van der Waals surface area contributed by atoms with Crippen LogP contribution in [0.15, 0.2) is 18.2 Å². The molecule has 130 valence electrons. The van der Waals surface area contributed by atoms with Crippen LogP contribution in [-0.2, 0) is 9.59 Å². The molecule has 1 saturated carbocycles. The number of hydrogen-bond acceptors (Lipinski definition) is 4. The lowest BCUT2D eigenvalue weighted by atomic mass is 9.99. The summed E-state index contributed by atoms with van der Waals surface area (Å²) in [5.74, 6) is 0.141. The summed E-state index contributed by atoms with van der Waals surface area (Å²) in [6.45, 7) is 4.83. The number of carbonyl (C=O) groups excluding carboxylic acids is 1. The molecule has 4 unspecified atom stereocenters. The van der Waals surface area contributed by atoms with Gasteiger partial charge in [0.15, 0.2) is 11.5 Å². The number of ether oxygens (including phenoxy) is 2. The quantitative estimate of drug-likeness (QED) is 0.833. The minimum absolute atomic E-state index is 0.0991. The molecule has 3 rings (SSSR count). The topological polar surface area (TPSA) is 84.9 Å². The largest absolute Gasteiger partial charge is 0.486 e. The van der Waals surface area contributed by atoms with Crippen LogP contribution in [0, 0.1) is 11.8 Å². The molecule has 1 heterocycles. The number of benzene rings is 1. The third kappa shape index (κ3) is 3.32. The monoisotopic (exact) mass is 333 g/mol. The van der Waals surface area contributed by atoms with E-state index < -0.39 is 12.0 Å². The molecule has 0 radical (unpaired) electrons. The molecule has 1 fully saturated rings. The fourth-order valence-corrected chi connectivity index (χ4v) is 3.09. The average Bonchev–Trinajstić information content (AvgIpc) is 3.39. The van der Waals surface area contributed by atoms with E-state index in [1.165, 1.54) is 0 Å². The van der Waals surface area contributed by atoms with Crippen LogP contribution in [0.5, 0.6) is 11.5 Å². The zero-order valence-electron chi connectivity index (χ0n) is 14.0. The fraction of sp³-hybridized carbons (Fsp3) is 0.556. The second kappa shape index (κ2) is 6.71. The Labute approximate surface area is 141 Å². The maximum Gasteiger partial charge on any atom is 0.326 e. The van der Waals surface area contributed by atoms with E-state index in [4.69, 9.17) is 9.47 Å². The molecule has 1 aromatic carbocycles. The number of carboxylic acid groups (broad SMARTS) is 1. The smallest absolute Gasteiger partial charge is 0.326 e. The molecule has 1 amide bonds. The van der Waals surface area contributed by atoms with Gasteiger partial charge in [0.25, 0.3) is 0 Å². The van der Waals surface area contributed by atoms with Gasteiger partial charge in [-0.15, -0.1) is 0 Å². The SMILES string of the molecule is CCC(C)C(NC(=O)C1CC1c1ccc2c(c1)OCCO2)C(=O)O. The van der Waals surface area contributed by atoms with Crippen molar-refractivity contribution in [2.24, 2.45) is 11.8 Å². The van der Waals surface area contributed by atoms with E-state index in [1.807, 2.05) is 32.0 Å². The van der Waals surface area contributed by atoms with Crippen LogP contribution in [0.1, 0.15) is 38.2 Å². The number of fused-ring (bicyclic) bond motifs is 1. The van der Waals surface area contributed by atoms with Crippen LogP contribution >= 0.6 is 0 Å². The predicted octanol–water partition coefficient (Wildman–Crippen LogP) is 2.18. The Hall–Kier alpha value is -2.24. The van der Waals surface area contributed by atoms with Crippen molar-refractivity contribution >= 4 is 11.9 Å². The summed E-state index contributed by atoms with van der Waals surface area (Å²) >= 11 is 0. The zero-order chi connectivity index (χ0) is 17.3. The number of carbonyl (C=O) groups is 2. The lowest BCUT2D eigenvalue weighted by Crippen LogP contribution is -2.45. The molecule has 0 spiro atoms. The van der Waals surface area contributed by atoms with Crippen molar-refractivity contribution < 1.29 is 24.2 Å². The molecule has 0 aromatic heterocycles. The van der Waals surface area contributed by atoms with E-state index >= 15 is 0 Å². The predicted molar refractivity (Wildman–Crippen MR) is 87.3 cm³/mol. The first kappa shape index (κ1) is 16.6. The summed E-state index contributed by atoms with van der Waals surface area (Å²) in [6.07, 6.45) is 1.44. The molecule has 1 aliphatic carbocycles. The van der Waals surface area contributed by atoms with E-state index in [0.29, 0.717) is 25.4 Å². The molecule has 6 heteroatoms. The van der Waals surface area contributed by atoms with Gasteiger partial charge >= 0.3 is 5.97 Å². The van der Waals surface area contributed by atoms with Gasteiger partial charge in [0.2, 0.25) is 5.91 Å². The van der Waals surface area contributed by atoms with Crippen molar-refractivity contribution in [2.75, 3.05) is 13.2 Å². The van der Waals surface area contributed by atoms with Crippen LogP contribution < -0.4 is 14.8 Å². The second-order valence-electron chi connectivity index (χ2n) is 6.56. The number of hydrogen-bond donors (Lipinski definition) is 2. The summed E-state index contributed by atoms with van der Waals surface area (Å²) in [7, 11) is 0. The molecule has 6 nitrogen and oxygen atoms in total. The van der Waals surface area contributed by atoms with E-state index in [2.05, 4.69) is 5.32 Å². The van der Waals surface area contributed by atoms with Crippen molar-refractivity contribution in [3.8, 4) is 11.5 Å². The van der Waals surface area contributed by atoms with Crippen molar-refractivity contribution in [2.45, 2.75) is 38.6 Å². The first-order valence-corrected chi connectivity index (χ1v) is 8.44. The molecule has 2 N–H and O–H groups in total. The maximum absolute atomic E-state index is 12.4. The Bertz CT molecular complexity index is 644. The van der Waals surface area contributed by atoms with Crippen LogP contribution in [0.3, 0.4) is 0 Å². The minimum atomic E-state index is -0.978. The number of carboxylic acids is 1. The van der Waals surface area contributed by atoms with Gasteiger partial charge in [-0.05, 0) is 36.0 Å². The summed E-state index contributed by atoms with van der Waals surface area (Å²) in [4.78, 5) is 23.7. The van der Waals surface area contributed by atoms with Crippen molar-refractivity contribution in [3.63, 3.8) is 0 Å². The van der Waals surface area contributed by atoms with Gasteiger partial charge in [-0.1, -0.05) is 26.3 Å². The zero-order valence-corrected chi connectivity index (χ0v) is 14.0. The number of aliphatic carboxylic acids is 1. The highest BCUT2D eigenvalue weighted by Gasteiger charge is 2.45. The van der Waals surface area contributed by atoms with Crippen molar-refractivity contribution in [1.82, 2.24) is 5.32 Å². The molecule has 2 aliphatic rings. The first-order valence-electron chi connectivity index (χ1n) is 8.44. The lowest BCUT2D eigenvalue weighted by Gasteiger charge is -2.20. The Morgan fingerprint density at radius 1 is 1.29 bits per heavy atom. The molecule has 0 bridgehead atoms. The Kier molecular flexibility index (Phi) is 4.64. The van der Waals surface area contributed by atoms with Gasteiger partial charge in [0, 0.05) is 5.92 Å². The van der Waals surface area contributed by atoms with E-state index in [1.54, 1.807) is 0 Å². The Morgan fingerprint density at radius 2 is 2.00 bits per heavy atom. The normalized spacial score (nSPS) is 23.9. The van der Waals surface area contributed by atoms with Crippen LogP contribution in [0.25, 0.3) is 0 Å². The van der Waals surface area contributed by atoms with Gasteiger partial charge < -0.3 is 19.9 Å². The van der Waals surface area contributed by atoms with Crippen LogP contribution in [-0.4, -0.2) is 36.2 Å². The van der Waals surface area contributed by atoms with E-state index in [-0.39, 0.29) is 23.7 Å². The molecule has 24 heavy (non-hydrogen) atoms. The highest BCUT2D eigenvalue weighted by Crippen LogP contribution is 2.49. The molecular formula is C18H23NO5. The maximum atomic E-state index is 12.4. The van der Waals surface area contributed by atoms with Crippen molar-refractivity contribution in [1.29, 1.82) is 0 Å². The summed E-state index contributed by atoms with van der Waals surface area (Å²) in [5, 5.41) is 12.0. The molecule has 1 aromatic rings. The van der Waals surface area contributed by atoms with E-state index in [0.717, 1.165) is 17.7 Å². The minimum Gasteiger partial charge on any atom is -0.486 e. The van der Waals surface area contributed by atoms with E-state index in [9.17, 15) is 14.7 Å². The van der Waals surface area contributed by atoms with Crippen molar-refractivity contribution in [3.05, 3.63) is 23.8 Å². The summed E-state index contributed by atoms with van der Waals surface area (Å²) in [6, 6.07) is 4.92. The second-order valence-corrected chi connectivity index (χ2v) is 6.56. The highest BCUT2D eigenvalue weighted by atomic mass is 16.6. The molecule has 0 saturated heterocycles. The van der Waals surface area contributed by atoms with Gasteiger partial charge in [0.1, 0.15) is 19.3 Å². The average molecular weight is 333 g/mol. The number of amides is 1. The van der Waals surface area contributed by atoms with Gasteiger partial charge in [-0.3, -0.25) is 4.79 Å². The summed E-state index contributed by atoms with van der Waals surface area (Å²) in [5.41, 5.74) is 1.04. The number of rotatable bonds is 6. The molecular weight excluding hydrogens is 310 g/mol. The third-order valence-corrected chi connectivity index (χ3v) is 4.90. The standard InChI is InChI=1S/C18H23NO5/c1-3-10(2)16(18(21)22)19-17(20)13-9-12(13)11-4-5-14-15(8-11)24-7-6-23-14/h4-5,8,10,12-13,16H,3,6-7,9H2,1-2H3,(H,19,20)(H,21,22). The molecule has 1 aliphatic heterocycles. The summed E-state index contributed by atoms with van der Waals surface area (Å²) < 4.78 is 11.1. The fourth-order valence-electron chi connectivity index (χ4n) is 3.09. The highest BCUT2D eigenvalue weighted by molar-refractivity contribution is 5.87. The van der Waals surface area contributed by atoms with Gasteiger partial charge in [-0.25, -0.2) is 4.79 Å². The number of nitrogens with one attached hydrogen (secondary N) is 1. The van der Waals surface area contributed by atoms with Crippen LogP contribution in [0.4, 0.5) is 0 Å². The third-order valence-electron chi connectivity index (χ3n) is 4.90. The Morgan fingerprint density at radius 3 is 2.67 bits per heavy atom. The first-order chi connectivity index (χ1) is 11.5. The molecule has 4 atom stereocenters. The van der Waals surface area contributed by atoms with Crippen LogP contribution in [0.2, 0.25) is 0 Å². The Balaban J connectivity index is 1.64. The lowest BCUT2D eigenvalue weighted by molar-refractivity contribution is -0.143.